The molecule has 2 aromatic carbocycles. The minimum atomic E-state index is -0.211. The van der Waals surface area contributed by atoms with Crippen LogP contribution >= 0.6 is 11.6 Å². The van der Waals surface area contributed by atoms with Crippen molar-refractivity contribution in [3.05, 3.63) is 59.6 Å². The lowest BCUT2D eigenvalue weighted by Gasteiger charge is -2.24. The Morgan fingerprint density at radius 2 is 1.64 bits per heavy atom. The SMILES string of the molecule is CC(=O)N(CC(=O)N(C)c1ccccc1)c1cccc(Cl)c1. The van der Waals surface area contributed by atoms with Crippen LogP contribution in [0.5, 0.6) is 0 Å². The van der Waals surface area contributed by atoms with Gasteiger partial charge in [-0.15, -0.1) is 0 Å². The maximum Gasteiger partial charge on any atom is 0.246 e. The average molecular weight is 317 g/mol. The molecule has 0 saturated carbocycles. The molecule has 0 atom stereocenters. The summed E-state index contributed by atoms with van der Waals surface area (Å²) < 4.78 is 0. The van der Waals surface area contributed by atoms with Gasteiger partial charge in [0.2, 0.25) is 11.8 Å². The number of benzene rings is 2. The topological polar surface area (TPSA) is 40.6 Å². The number of carbonyl (C=O) groups excluding carboxylic acids is 2. The highest BCUT2D eigenvalue weighted by Gasteiger charge is 2.19. The van der Waals surface area contributed by atoms with Crippen molar-refractivity contribution in [2.75, 3.05) is 23.4 Å². The Hall–Kier alpha value is -2.33. The molecule has 114 valence electrons. The number of amides is 2. The predicted molar refractivity (Wildman–Crippen MR) is 89.3 cm³/mol. The summed E-state index contributed by atoms with van der Waals surface area (Å²) in [4.78, 5) is 27.2. The molecule has 0 N–H and O–H groups in total. The van der Waals surface area contributed by atoms with E-state index in [0.29, 0.717) is 10.7 Å². The minimum absolute atomic E-state index is 0.0406. The highest BCUT2D eigenvalue weighted by Crippen LogP contribution is 2.20. The van der Waals surface area contributed by atoms with E-state index in [4.69, 9.17) is 11.6 Å². The van der Waals surface area contributed by atoms with Gasteiger partial charge in [-0.2, -0.15) is 0 Å². The minimum Gasteiger partial charge on any atom is -0.314 e. The number of rotatable bonds is 4. The van der Waals surface area contributed by atoms with E-state index in [1.54, 1.807) is 31.3 Å². The van der Waals surface area contributed by atoms with Crippen LogP contribution in [0, 0.1) is 0 Å². The maximum atomic E-state index is 12.4. The molecule has 2 amide bonds. The van der Waals surface area contributed by atoms with Gasteiger partial charge in [0.25, 0.3) is 0 Å². The molecule has 22 heavy (non-hydrogen) atoms. The van der Waals surface area contributed by atoms with Crippen molar-refractivity contribution in [2.45, 2.75) is 6.92 Å². The first-order chi connectivity index (χ1) is 10.5. The van der Waals surface area contributed by atoms with E-state index in [-0.39, 0.29) is 18.4 Å². The van der Waals surface area contributed by atoms with Crippen molar-refractivity contribution in [1.29, 1.82) is 0 Å². The molecule has 2 rings (SSSR count). The van der Waals surface area contributed by atoms with Gasteiger partial charge in [-0.25, -0.2) is 0 Å². The first-order valence-electron chi connectivity index (χ1n) is 6.84. The summed E-state index contributed by atoms with van der Waals surface area (Å²) in [6, 6.07) is 16.2. The summed E-state index contributed by atoms with van der Waals surface area (Å²) in [5.74, 6) is -0.390. The smallest absolute Gasteiger partial charge is 0.246 e. The maximum absolute atomic E-state index is 12.4. The molecule has 4 nitrogen and oxygen atoms in total. The summed E-state index contributed by atoms with van der Waals surface area (Å²) in [6.07, 6.45) is 0. The molecular formula is C17H17ClN2O2. The Labute approximate surface area is 134 Å². The Kier molecular flexibility index (Phi) is 5.17. The van der Waals surface area contributed by atoms with Gasteiger partial charge in [-0.05, 0) is 30.3 Å². The predicted octanol–water partition coefficient (Wildman–Crippen LogP) is 3.36. The zero-order valence-corrected chi connectivity index (χ0v) is 13.2. The first kappa shape index (κ1) is 16.0. The number of halogens is 1. The van der Waals surface area contributed by atoms with E-state index in [2.05, 4.69) is 0 Å². The van der Waals surface area contributed by atoms with Crippen molar-refractivity contribution in [3.8, 4) is 0 Å². The zero-order valence-electron chi connectivity index (χ0n) is 12.5. The number of likely N-dealkylation sites (N-methyl/N-ethyl adjacent to an activating group) is 1. The number of carbonyl (C=O) groups is 2. The van der Waals surface area contributed by atoms with Crippen LogP contribution < -0.4 is 9.80 Å². The first-order valence-corrected chi connectivity index (χ1v) is 7.22. The van der Waals surface area contributed by atoms with Crippen LogP contribution in [0.3, 0.4) is 0 Å². The fourth-order valence-electron chi connectivity index (χ4n) is 2.07. The van der Waals surface area contributed by atoms with E-state index in [9.17, 15) is 9.59 Å². The molecule has 0 aromatic heterocycles. The van der Waals surface area contributed by atoms with Crippen molar-refractivity contribution in [2.24, 2.45) is 0 Å². The van der Waals surface area contributed by atoms with Gasteiger partial charge < -0.3 is 9.80 Å². The summed E-state index contributed by atoms with van der Waals surface area (Å²) >= 11 is 5.96. The lowest BCUT2D eigenvalue weighted by molar-refractivity contribution is -0.121. The standard InChI is InChI=1S/C17H17ClN2O2/c1-13(21)20(16-10-6-7-14(18)11-16)12-17(22)19(2)15-8-4-3-5-9-15/h3-11H,12H2,1-2H3. The second-order valence-electron chi connectivity index (χ2n) is 4.87. The number of para-hydroxylation sites is 1. The summed E-state index contributed by atoms with van der Waals surface area (Å²) in [5, 5.41) is 0.521. The van der Waals surface area contributed by atoms with E-state index in [1.807, 2.05) is 30.3 Å². The Morgan fingerprint density at radius 3 is 2.23 bits per heavy atom. The third-order valence-corrected chi connectivity index (χ3v) is 3.55. The van der Waals surface area contributed by atoms with E-state index in [0.717, 1.165) is 5.69 Å². The van der Waals surface area contributed by atoms with Crippen LogP contribution in [0.25, 0.3) is 0 Å². The highest BCUT2D eigenvalue weighted by molar-refractivity contribution is 6.31. The number of nitrogens with zero attached hydrogens (tertiary/aromatic N) is 2. The Balaban J connectivity index is 2.18. The Bertz CT molecular complexity index is 673. The number of hydrogen-bond donors (Lipinski definition) is 0. The van der Waals surface area contributed by atoms with Crippen molar-refractivity contribution < 1.29 is 9.59 Å². The molecule has 0 bridgehead atoms. The highest BCUT2D eigenvalue weighted by atomic mass is 35.5. The largest absolute Gasteiger partial charge is 0.314 e. The second kappa shape index (κ2) is 7.09. The Morgan fingerprint density at radius 1 is 1.00 bits per heavy atom. The second-order valence-corrected chi connectivity index (χ2v) is 5.31. The average Bonchev–Trinajstić information content (AvgIpc) is 2.52. The summed E-state index contributed by atoms with van der Waals surface area (Å²) in [5.41, 5.74) is 1.39. The zero-order chi connectivity index (χ0) is 16.1. The van der Waals surface area contributed by atoms with Crippen LogP contribution in [-0.4, -0.2) is 25.4 Å². The van der Waals surface area contributed by atoms with Gasteiger partial charge in [0, 0.05) is 30.4 Å². The van der Waals surface area contributed by atoms with Crippen LogP contribution in [0.2, 0.25) is 5.02 Å². The summed E-state index contributed by atoms with van der Waals surface area (Å²) in [7, 11) is 1.69. The molecule has 0 heterocycles. The fraction of sp³-hybridized carbons (Fsp3) is 0.176. The van der Waals surface area contributed by atoms with E-state index in [1.165, 1.54) is 16.7 Å². The fourth-order valence-corrected chi connectivity index (χ4v) is 2.25. The van der Waals surface area contributed by atoms with Crippen LogP contribution in [0.15, 0.2) is 54.6 Å². The molecule has 5 heteroatoms. The molecule has 2 aromatic rings. The summed E-state index contributed by atoms with van der Waals surface area (Å²) in [6.45, 7) is 1.39. The van der Waals surface area contributed by atoms with Gasteiger partial charge >= 0.3 is 0 Å². The van der Waals surface area contributed by atoms with Gasteiger partial charge in [0.1, 0.15) is 6.54 Å². The van der Waals surface area contributed by atoms with Crippen LogP contribution in [0.1, 0.15) is 6.92 Å². The molecule has 0 saturated heterocycles. The number of hydrogen-bond acceptors (Lipinski definition) is 2. The van der Waals surface area contributed by atoms with Crippen LogP contribution in [0.4, 0.5) is 11.4 Å². The number of anilines is 2. The third-order valence-electron chi connectivity index (χ3n) is 3.31. The van der Waals surface area contributed by atoms with Gasteiger partial charge in [-0.1, -0.05) is 35.9 Å². The molecule has 0 aliphatic carbocycles. The van der Waals surface area contributed by atoms with E-state index < -0.39 is 0 Å². The molecule has 0 aliphatic rings. The van der Waals surface area contributed by atoms with Crippen molar-refractivity contribution >= 4 is 34.8 Å². The quantitative estimate of drug-likeness (QED) is 0.868. The lowest BCUT2D eigenvalue weighted by atomic mass is 10.2. The molecule has 0 spiro atoms. The monoisotopic (exact) mass is 316 g/mol. The molecule has 0 aliphatic heterocycles. The van der Waals surface area contributed by atoms with Crippen molar-refractivity contribution in [1.82, 2.24) is 0 Å². The molecule has 0 radical (unpaired) electrons. The third kappa shape index (κ3) is 3.86. The van der Waals surface area contributed by atoms with Gasteiger partial charge in [0.05, 0.1) is 0 Å². The van der Waals surface area contributed by atoms with Crippen LogP contribution in [-0.2, 0) is 9.59 Å². The van der Waals surface area contributed by atoms with Gasteiger partial charge in [-0.3, -0.25) is 9.59 Å². The molecule has 0 fully saturated rings. The van der Waals surface area contributed by atoms with Crippen molar-refractivity contribution in [3.63, 3.8) is 0 Å². The van der Waals surface area contributed by atoms with Gasteiger partial charge in [0.15, 0.2) is 0 Å². The van der Waals surface area contributed by atoms with E-state index >= 15 is 0 Å². The molecular weight excluding hydrogens is 300 g/mol. The molecule has 0 unspecified atom stereocenters. The lowest BCUT2D eigenvalue weighted by Crippen LogP contribution is -2.40. The normalized spacial score (nSPS) is 10.1.